The average molecular weight is 983 g/mol. The average Bonchev–Trinajstić information content (AvgIpc) is 4.10. The van der Waals surface area contributed by atoms with Crippen LogP contribution in [-0.2, 0) is 16.2 Å². The quantitative estimate of drug-likeness (QED) is 0.123. The van der Waals surface area contributed by atoms with E-state index in [0.717, 1.165) is 49.4 Å². The molecule has 3 aromatic heterocycles. The molecule has 0 spiro atoms. The van der Waals surface area contributed by atoms with Crippen molar-refractivity contribution in [3.63, 3.8) is 0 Å². The first-order valence-corrected chi connectivity index (χ1v) is 24.4. The van der Waals surface area contributed by atoms with Crippen molar-refractivity contribution in [2.45, 2.75) is 78.6 Å². The molecule has 2 aliphatic heterocycles. The van der Waals surface area contributed by atoms with Crippen LogP contribution in [-0.4, -0.2) is 76.2 Å². The van der Waals surface area contributed by atoms with E-state index in [1.54, 1.807) is 24.3 Å². The molecule has 8 bridgehead atoms. The van der Waals surface area contributed by atoms with Crippen LogP contribution in [0.2, 0.25) is 0 Å². The van der Waals surface area contributed by atoms with Gasteiger partial charge in [-0.25, -0.2) is 39.5 Å². The van der Waals surface area contributed by atoms with Crippen LogP contribution in [0.25, 0.3) is 112 Å². The highest BCUT2D eigenvalue weighted by molar-refractivity contribution is 6.09. The van der Waals surface area contributed by atoms with E-state index in [-0.39, 0.29) is 39.0 Å². The lowest BCUT2D eigenvalue weighted by molar-refractivity contribution is 0.0686. The number of rotatable bonds is 6. The number of hydrogen-bond donors (Lipinski definition) is 4. The third-order valence-electron chi connectivity index (χ3n) is 14.1. The van der Waals surface area contributed by atoms with Crippen LogP contribution in [0.1, 0.15) is 99.7 Å². The number of hydrogen-bond acceptors (Lipinski definition) is 10. The van der Waals surface area contributed by atoms with Crippen LogP contribution in [0.15, 0.2) is 103 Å². The maximum absolute atomic E-state index is 13.2. The van der Waals surface area contributed by atoms with Gasteiger partial charge in [0.2, 0.25) is 0 Å². The van der Waals surface area contributed by atoms with E-state index in [1.165, 1.54) is 26.4 Å². The molecule has 14 heteroatoms. The number of aromatic amines is 2. The number of benzene rings is 6. The van der Waals surface area contributed by atoms with Crippen molar-refractivity contribution in [3.05, 3.63) is 131 Å². The number of H-pyrrole nitrogens is 2. The van der Waals surface area contributed by atoms with Crippen molar-refractivity contribution in [3.8, 4) is 79.3 Å². The molecule has 11 rings (SSSR count). The molecule has 14 nitrogen and oxygen atoms in total. The number of carboxylic acid groups (broad SMARTS) is 2. The molecule has 0 unspecified atom stereocenters. The lowest BCUT2D eigenvalue weighted by Crippen LogP contribution is -2.10. The predicted octanol–water partition coefficient (Wildman–Crippen LogP) is 13.5. The molecule has 5 heterocycles. The fraction of sp³-hybridized carbons (Fsp3) is 0.233. The maximum atomic E-state index is 13.2. The second kappa shape index (κ2) is 16.9. The van der Waals surface area contributed by atoms with Crippen molar-refractivity contribution < 1.29 is 29.3 Å². The second-order valence-electron chi connectivity index (χ2n) is 22.0. The number of aromatic nitrogens is 8. The first-order chi connectivity index (χ1) is 35.1. The summed E-state index contributed by atoms with van der Waals surface area (Å²) in [5.74, 6) is -0.204. The number of aromatic carboxylic acids is 2. The molecule has 370 valence electrons. The van der Waals surface area contributed by atoms with Gasteiger partial charge in [0, 0.05) is 43.8 Å². The number of carboxylic acids is 2. The summed E-state index contributed by atoms with van der Waals surface area (Å²) >= 11 is 0. The summed E-state index contributed by atoms with van der Waals surface area (Å²) in [7, 11) is 2.93. The maximum Gasteiger partial charge on any atom is 0.336 e. The van der Waals surface area contributed by atoms with Gasteiger partial charge in [0.05, 0.1) is 25.3 Å². The highest BCUT2D eigenvalue weighted by Gasteiger charge is 2.29. The molecule has 2 aliphatic rings. The van der Waals surface area contributed by atoms with Crippen molar-refractivity contribution in [1.82, 2.24) is 39.9 Å². The molecule has 9 aromatic rings. The SMILES string of the molecule is COc1ccc(-c2cc3c(cc2-c2ccc(OC)cc2C(=O)O)-c2nc-3nc3[nH]c(nc4nc(nc5[nH]c(n2)c2cc(C(C)(C)C)ccc52)-c2cc(C(C)(C)C)ccc2-4)c2cc(C(C)(C)C)ccc32)c(C(=O)O)c1. The normalized spacial score (nSPS) is 12.5. The van der Waals surface area contributed by atoms with Crippen LogP contribution in [0.5, 0.6) is 11.5 Å². The number of ether oxygens (including phenoxy) is 2. The van der Waals surface area contributed by atoms with E-state index < -0.39 is 11.9 Å². The van der Waals surface area contributed by atoms with Crippen molar-refractivity contribution in [2.24, 2.45) is 0 Å². The number of methoxy groups -OCH3 is 2. The molecule has 0 atom stereocenters. The van der Waals surface area contributed by atoms with Gasteiger partial charge in [-0.1, -0.05) is 98.7 Å². The van der Waals surface area contributed by atoms with E-state index in [2.05, 4.69) is 121 Å². The van der Waals surface area contributed by atoms with Gasteiger partial charge >= 0.3 is 11.9 Å². The van der Waals surface area contributed by atoms with E-state index >= 15 is 0 Å². The lowest BCUT2D eigenvalue weighted by atomic mass is 9.85. The smallest absolute Gasteiger partial charge is 0.336 e. The molecular weight excluding hydrogens is 929 g/mol. The Morgan fingerprint density at radius 1 is 0.378 bits per heavy atom. The van der Waals surface area contributed by atoms with Gasteiger partial charge in [-0.05, 0) is 122 Å². The molecule has 0 saturated carbocycles. The Hall–Kier alpha value is -8.78. The first-order valence-electron chi connectivity index (χ1n) is 24.4. The molecule has 74 heavy (non-hydrogen) atoms. The van der Waals surface area contributed by atoms with E-state index in [0.29, 0.717) is 79.1 Å². The minimum atomic E-state index is -1.20. The van der Waals surface area contributed by atoms with Gasteiger partial charge in [-0.2, -0.15) is 0 Å². The van der Waals surface area contributed by atoms with Gasteiger partial charge < -0.3 is 29.7 Å². The van der Waals surface area contributed by atoms with Crippen LogP contribution in [0.4, 0.5) is 0 Å². The Balaban J connectivity index is 1.32. The van der Waals surface area contributed by atoms with E-state index in [9.17, 15) is 19.8 Å². The molecule has 0 radical (unpaired) electrons. The fourth-order valence-electron chi connectivity index (χ4n) is 9.81. The topological polar surface area (TPSA) is 202 Å². The number of nitrogens with zero attached hydrogens (tertiary/aromatic N) is 6. The van der Waals surface area contributed by atoms with Crippen LogP contribution in [0.3, 0.4) is 0 Å². The Morgan fingerprint density at radius 2 is 0.716 bits per heavy atom. The Kier molecular flexibility index (Phi) is 10.9. The van der Waals surface area contributed by atoms with Crippen LogP contribution >= 0.6 is 0 Å². The Bertz CT molecular complexity index is 4070. The molecule has 0 amide bonds. The highest BCUT2D eigenvalue weighted by Crippen LogP contribution is 2.46. The minimum Gasteiger partial charge on any atom is -0.497 e. The summed E-state index contributed by atoms with van der Waals surface area (Å²) in [6, 6.07) is 32.1. The monoisotopic (exact) mass is 982 g/mol. The summed E-state index contributed by atoms with van der Waals surface area (Å²) in [6.07, 6.45) is 0. The van der Waals surface area contributed by atoms with Gasteiger partial charge in [0.25, 0.3) is 0 Å². The van der Waals surface area contributed by atoms with Crippen LogP contribution < -0.4 is 9.47 Å². The zero-order valence-electron chi connectivity index (χ0n) is 43.0. The molecule has 4 N–H and O–H groups in total. The number of carbonyl (C=O) groups is 2. The Labute approximate surface area is 426 Å². The van der Waals surface area contributed by atoms with Gasteiger partial charge in [0.15, 0.2) is 23.3 Å². The van der Waals surface area contributed by atoms with Crippen LogP contribution in [0, 0.1) is 0 Å². The van der Waals surface area contributed by atoms with Crippen molar-refractivity contribution in [2.75, 3.05) is 14.2 Å². The predicted molar refractivity (Wildman–Crippen MR) is 290 cm³/mol. The van der Waals surface area contributed by atoms with Crippen molar-refractivity contribution >= 4 is 56.1 Å². The van der Waals surface area contributed by atoms with Gasteiger partial charge in [-0.15, -0.1) is 0 Å². The number of nitrogens with one attached hydrogen (secondary N) is 2. The minimum absolute atomic E-state index is 0.0601. The molecule has 6 aromatic carbocycles. The number of fused-ring (bicyclic) bond motifs is 20. The third kappa shape index (κ3) is 8.06. The van der Waals surface area contributed by atoms with E-state index in [1.807, 2.05) is 18.2 Å². The highest BCUT2D eigenvalue weighted by atomic mass is 16.5. The zero-order chi connectivity index (χ0) is 52.3. The van der Waals surface area contributed by atoms with Gasteiger partial charge in [0.1, 0.15) is 34.1 Å². The third-order valence-corrected chi connectivity index (χ3v) is 14.1. The summed E-state index contributed by atoms with van der Waals surface area (Å²) < 4.78 is 11.0. The van der Waals surface area contributed by atoms with E-state index in [4.69, 9.17) is 39.4 Å². The lowest BCUT2D eigenvalue weighted by Gasteiger charge is -2.19. The fourth-order valence-corrected chi connectivity index (χ4v) is 9.81. The van der Waals surface area contributed by atoms with Gasteiger partial charge in [-0.3, -0.25) is 0 Å². The summed E-state index contributed by atoms with van der Waals surface area (Å²) in [4.78, 5) is 65.3. The summed E-state index contributed by atoms with van der Waals surface area (Å²) in [6.45, 7) is 19.5. The summed E-state index contributed by atoms with van der Waals surface area (Å²) in [5.41, 5.74) is 8.80. The molecule has 0 saturated heterocycles. The zero-order valence-corrected chi connectivity index (χ0v) is 43.0. The molecular formula is C60H54N8O6. The summed E-state index contributed by atoms with van der Waals surface area (Å²) in [5, 5.41) is 24.7. The molecule has 0 aliphatic carbocycles. The first kappa shape index (κ1) is 47.5. The standard InChI is InChI=1S/C60H54N8O6/c1-58(2,3)29-12-17-36-41(22-29)51-61-48(36)62-52-42-23-30(59(4,5)6)13-18-37(42)50(64-52)66-54-44-27-39(34-20-15-32(73-10)25-46(34)56(69)70)40(35-21-16-33(74-11)26-47(35)57(71)72)28-45(44)55(68-54)67-53-43-24-31(60(7,8)9)14-19-38(43)49(63-51)65-53/h12-28H,1-11H3,(H,69,70)(H,71,72)(H2,61,62,63,64,65,66,67,68). The Morgan fingerprint density at radius 3 is 1.09 bits per heavy atom. The molecule has 0 fully saturated rings. The van der Waals surface area contributed by atoms with Crippen molar-refractivity contribution in [1.29, 1.82) is 0 Å². The largest absolute Gasteiger partial charge is 0.497 e. The second-order valence-corrected chi connectivity index (χ2v) is 22.0.